The summed E-state index contributed by atoms with van der Waals surface area (Å²) in [6.45, 7) is 1.97. The molecule has 1 aromatic heterocycles. The molecule has 1 aliphatic carbocycles. The number of carboxylic acids is 1. The number of carbonyl (C=O) groups excluding carboxylic acids is 2. The lowest BCUT2D eigenvalue weighted by atomic mass is 9.98. The number of nitrogens with one attached hydrogen (secondary N) is 2. The van der Waals surface area contributed by atoms with Gasteiger partial charge in [0.15, 0.2) is 0 Å². The molecule has 0 aliphatic heterocycles. The molecule has 0 saturated heterocycles. The lowest BCUT2D eigenvalue weighted by Crippen LogP contribution is -2.34. The van der Waals surface area contributed by atoms with E-state index < -0.39 is 12.1 Å². The molecule has 1 unspecified atom stereocenters. The molecule has 8 heteroatoms. The highest BCUT2D eigenvalue weighted by molar-refractivity contribution is 5.85. The van der Waals surface area contributed by atoms with Gasteiger partial charge in [0.05, 0.1) is 18.3 Å². The molecule has 0 fully saturated rings. The maximum absolute atomic E-state index is 12.4. The number of ether oxygens (including phenoxy) is 1. The number of nitrogens with zero attached hydrogens (tertiary/aromatic N) is 1. The zero-order valence-electron chi connectivity index (χ0n) is 19.4. The summed E-state index contributed by atoms with van der Waals surface area (Å²) in [5, 5.41) is 14.2. The van der Waals surface area contributed by atoms with E-state index in [1.807, 2.05) is 24.3 Å². The first kappa shape index (κ1) is 23.9. The quantitative estimate of drug-likeness (QED) is 0.425. The Balaban J connectivity index is 1.28. The van der Waals surface area contributed by atoms with Crippen molar-refractivity contribution in [1.29, 1.82) is 0 Å². The minimum Gasteiger partial charge on any atom is -0.481 e. The van der Waals surface area contributed by atoms with Crippen LogP contribution in [0.5, 0.6) is 0 Å². The molecule has 0 radical (unpaired) electrons. The first-order chi connectivity index (χ1) is 16.9. The van der Waals surface area contributed by atoms with Gasteiger partial charge in [-0.1, -0.05) is 48.5 Å². The van der Waals surface area contributed by atoms with Crippen LogP contribution in [-0.4, -0.2) is 40.7 Å². The third-order valence-electron chi connectivity index (χ3n) is 5.96. The summed E-state index contributed by atoms with van der Waals surface area (Å²) in [6.07, 6.45) is 1.31. The number of rotatable bonds is 9. The maximum atomic E-state index is 12.4. The largest absolute Gasteiger partial charge is 0.481 e. The van der Waals surface area contributed by atoms with Crippen molar-refractivity contribution < 1.29 is 24.2 Å². The van der Waals surface area contributed by atoms with Gasteiger partial charge < -0.3 is 15.2 Å². The summed E-state index contributed by atoms with van der Waals surface area (Å²) < 4.78 is 5.54. The lowest BCUT2D eigenvalue weighted by molar-refractivity contribution is -0.137. The number of pyridine rings is 1. The van der Waals surface area contributed by atoms with E-state index >= 15 is 0 Å². The Bertz CT molecular complexity index is 1180. The van der Waals surface area contributed by atoms with Gasteiger partial charge >= 0.3 is 12.1 Å². The monoisotopic (exact) mass is 473 g/mol. The van der Waals surface area contributed by atoms with Crippen molar-refractivity contribution in [3.63, 3.8) is 0 Å². The average molecular weight is 474 g/mol. The fraction of sp³-hybridized carbons (Fsp3) is 0.259. The van der Waals surface area contributed by atoms with Gasteiger partial charge in [0.2, 0.25) is 5.91 Å². The standard InChI is InChI=1S/C27H27N3O5/c1-17(10-13-26(32)33)29-25(31)14-18-11-12-19(15-28-18)30-27(34)35-16-24-22-8-4-2-6-20(22)21-7-3-5-9-23(21)24/h2-9,11-12,15,17,24H,10,13-14,16H2,1H3,(H,29,31)(H,30,34)(H,32,33). The smallest absolute Gasteiger partial charge is 0.411 e. The Kier molecular flexibility index (Phi) is 7.40. The molecule has 8 nitrogen and oxygen atoms in total. The minimum absolute atomic E-state index is 0.00404. The van der Waals surface area contributed by atoms with E-state index in [0.29, 0.717) is 17.8 Å². The van der Waals surface area contributed by atoms with Crippen molar-refractivity contribution in [3.05, 3.63) is 83.7 Å². The third kappa shape index (κ3) is 6.03. The van der Waals surface area contributed by atoms with E-state index in [9.17, 15) is 14.4 Å². The van der Waals surface area contributed by atoms with E-state index in [2.05, 4.69) is 39.9 Å². The molecule has 2 aromatic carbocycles. The SMILES string of the molecule is CC(CCC(=O)O)NC(=O)Cc1ccc(NC(=O)OCC2c3ccccc3-c3ccccc32)cn1. The molecule has 4 rings (SSSR count). The van der Waals surface area contributed by atoms with Gasteiger partial charge in [0.1, 0.15) is 6.61 Å². The number of fused-ring (bicyclic) bond motifs is 3. The van der Waals surface area contributed by atoms with E-state index in [1.165, 1.54) is 6.20 Å². The number of amides is 2. The first-order valence-corrected chi connectivity index (χ1v) is 11.5. The summed E-state index contributed by atoms with van der Waals surface area (Å²) in [5.74, 6) is -1.16. The van der Waals surface area contributed by atoms with Crippen LogP contribution in [-0.2, 0) is 20.7 Å². The van der Waals surface area contributed by atoms with Crippen LogP contribution in [0.2, 0.25) is 0 Å². The average Bonchev–Trinajstić information content (AvgIpc) is 3.16. The number of carboxylic acid groups (broad SMARTS) is 1. The molecule has 35 heavy (non-hydrogen) atoms. The molecule has 3 N–H and O–H groups in total. The molecule has 0 saturated carbocycles. The van der Waals surface area contributed by atoms with Crippen molar-refractivity contribution >= 4 is 23.7 Å². The number of carbonyl (C=O) groups is 3. The molecule has 0 bridgehead atoms. The normalized spacial score (nSPS) is 12.8. The van der Waals surface area contributed by atoms with Crippen LogP contribution in [0.25, 0.3) is 11.1 Å². The summed E-state index contributed by atoms with van der Waals surface area (Å²) in [6, 6.07) is 19.3. The molecule has 2 amide bonds. The van der Waals surface area contributed by atoms with Crippen molar-refractivity contribution in [1.82, 2.24) is 10.3 Å². The summed E-state index contributed by atoms with van der Waals surface area (Å²) >= 11 is 0. The highest BCUT2D eigenvalue weighted by atomic mass is 16.5. The highest BCUT2D eigenvalue weighted by Crippen LogP contribution is 2.44. The predicted octanol–water partition coefficient (Wildman–Crippen LogP) is 4.35. The van der Waals surface area contributed by atoms with E-state index in [-0.39, 0.29) is 37.3 Å². The zero-order chi connectivity index (χ0) is 24.8. The number of aliphatic carboxylic acids is 1. The summed E-state index contributed by atoms with van der Waals surface area (Å²) in [5.41, 5.74) is 5.60. The van der Waals surface area contributed by atoms with Crippen molar-refractivity contribution in [3.8, 4) is 11.1 Å². The van der Waals surface area contributed by atoms with Gasteiger partial charge in [0.25, 0.3) is 0 Å². The fourth-order valence-electron chi connectivity index (χ4n) is 4.26. The number of benzene rings is 2. The van der Waals surface area contributed by atoms with E-state index in [0.717, 1.165) is 22.3 Å². The number of aromatic nitrogens is 1. The van der Waals surface area contributed by atoms with Crippen LogP contribution >= 0.6 is 0 Å². The Morgan fingerprint density at radius 3 is 2.26 bits per heavy atom. The van der Waals surface area contributed by atoms with Crippen LogP contribution in [0.1, 0.15) is 42.5 Å². The second-order valence-corrected chi connectivity index (χ2v) is 8.57. The van der Waals surface area contributed by atoms with Crippen LogP contribution in [0.4, 0.5) is 10.5 Å². The molecular weight excluding hydrogens is 446 g/mol. The summed E-state index contributed by atoms with van der Waals surface area (Å²) in [4.78, 5) is 39.4. The van der Waals surface area contributed by atoms with Gasteiger partial charge in [-0.2, -0.15) is 0 Å². The zero-order valence-corrected chi connectivity index (χ0v) is 19.4. The molecule has 0 spiro atoms. The second kappa shape index (κ2) is 10.8. The second-order valence-electron chi connectivity index (χ2n) is 8.57. The highest BCUT2D eigenvalue weighted by Gasteiger charge is 2.29. The number of hydrogen-bond acceptors (Lipinski definition) is 5. The Morgan fingerprint density at radius 2 is 1.66 bits per heavy atom. The molecule has 1 heterocycles. The Labute approximate surface area is 203 Å². The van der Waals surface area contributed by atoms with E-state index in [4.69, 9.17) is 9.84 Å². The van der Waals surface area contributed by atoms with Crippen molar-refractivity contribution in [2.24, 2.45) is 0 Å². The Hall–Kier alpha value is -4.20. The maximum Gasteiger partial charge on any atom is 0.411 e. The number of anilines is 1. The van der Waals surface area contributed by atoms with Gasteiger partial charge in [-0.25, -0.2) is 4.79 Å². The van der Waals surface area contributed by atoms with E-state index in [1.54, 1.807) is 19.1 Å². The van der Waals surface area contributed by atoms with Gasteiger partial charge in [-0.15, -0.1) is 0 Å². The third-order valence-corrected chi connectivity index (χ3v) is 5.96. The van der Waals surface area contributed by atoms with Crippen LogP contribution < -0.4 is 10.6 Å². The molecular formula is C27H27N3O5. The lowest BCUT2D eigenvalue weighted by Gasteiger charge is -2.15. The predicted molar refractivity (Wildman–Crippen MR) is 131 cm³/mol. The molecule has 1 aliphatic rings. The number of hydrogen-bond donors (Lipinski definition) is 3. The van der Waals surface area contributed by atoms with Crippen LogP contribution in [0, 0.1) is 0 Å². The topological polar surface area (TPSA) is 118 Å². The minimum atomic E-state index is -0.896. The van der Waals surface area contributed by atoms with Gasteiger partial charge in [-0.05, 0) is 47.7 Å². The van der Waals surface area contributed by atoms with Crippen LogP contribution in [0.3, 0.4) is 0 Å². The molecule has 3 aromatic rings. The fourth-order valence-corrected chi connectivity index (χ4v) is 4.26. The van der Waals surface area contributed by atoms with Gasteiger partial charge in [0, 0.05) is 24.1 Å². The van der Waals surface area contributed by atoms with Crippen LogP contribution in [0.15, 0.2) is 66.9 Å². The summed E-state index contributed by atoms with van der Waals surface area (Å²) in [7, 11) is 0. The van der Waals surface area contributed by atoms with Crippen molar-refractivity contribution in [2.45, 2.75) is 38.1 Å². The Morgan fingerprint density at radius 1 is 1.00 bits per heavy atom. The van der Waals surface area contributed by atoms with Gasteiger partial charge in [-0.3, -0.25) is 19.9 Å². The molecule has 1 atom stereocenters. The first-order valence-electron chi connectivity index (χ1n) is 11.5. The van der Waals surface area contributed by atoms with Crippen molar-refractivity contribution in [2.75, 3.05) is 11.9 Å². The molecule has 180 valence electrons.